The average molecular weight is 262 g/mol. The van der Waals surface area contributed by atoms with Crippen molar-refractivity contribution in [1.82, 2.24) is 0 Å². The maximum atomic E-state index is 10.4. The van der Waals surface area contributed by atoms with E-state index in [1.54, 1.807) is 11.3 Å². The van der Waals surface area contributed by atoms with E-state index in [9.17, 15) is 5.11 Å². The van der Waals surface area contributed by atoms with Gasteiger partial charge in [-0.1, -0.05) is 12.1 Å². The molecular formula is C15H18O2S. The highest BCUT2D eigenvalue weighted by molar-refractivity contribution is 7.10. The predicted molar refractivity (Wildman–Crippen MR) is 75.3 cm³/mol. The minimum atomic E-state index is -0.569. The van der Waals surface area contributed by atoms with Crippen molar-refractivity contribution in [2.24, 2.45) is 0 Å². The van der Waals surface area contributed by atoms with Crippen LogP contribution in [0.15, 0.2) is 35.7 Å². The predicted octanol–water partition coefficient (Wildman–Crippen LogP) is 3.93. The highest BCUT2D eigenvalue weighted by atomic mass is 32.1. The lowest BCUT2D eigenvalue weighted by molar-refractivity contribution is 0.219. The third-order valence-electron chi connectivity index (χ3n) is 2.70. The monoisotopic (exact) mass is 262 g/mol. The van der Waals surface area contributed by atoms with E-state index in [1.807, 2.05) is 56.5 Å². The molecule has 1 heterocycles. The lowest BCUT2D eigenvalue weighted by atomic mass is 10.1. The fourth-order valence-corrected chi connectivity index (χ4v) is 2.78. The summed E-state index contributed by atoms with van der Waals surface area (Å²) in [6.45, 7) is 6.00. The normalized spacial score (nSPS) is 12.7. The second kappa shape index (κ2) is 5.55. The van der Waals surface area contributed by atoms with E-state index in [0.29, 0.717) is 0 Å². The van der Waals surface area contributed by atoms with E-state index in [0.717, 1.165) is 21.8 Å². The Morgan fingerprint density at radius 2 is 2.00 bits per heavy atom. The Balaban J connectivity index is 2.25. The van der Waals surface area contributed by atoms with Crippen LogP contribution >= 0.6 is 11.3 Å². The minimum Gasteiger partial charge on any atom is -0.491 e. The van der Waals surface area contributed by atoms with Crippen LogP contribution in [0.1, 0.15) is 36.0 Å². The Morgan fingerprint density at radius 1 is 1.22 bits per heavy atom. The van der Waals surface area contributed by atoms with Crippen molar-refractivity contribution >= 4 is 11.3 Å². The van der Waals surface area contributed by atoms with Crippen molar-refractivity contribution in [1.29, 1.82) is 0 Å². The van der Waals surface area contributed by atoms with Crippen LogP contribution in [-0.2, 0) is 0 Å². The number of aliphatic hydroxyl groups excluding tert-OH is 1. The molecule has 0 fully saturated rings. The van der Waals surface area contributed by atoms with Crippen molar-refractivity contribution < 1.29 is 9.84 Å². The summed E-state index contributed by atoms with van der Waals surface area (Å²) in [6, 6.07) is 9.69. The molecule has 1 aromatic carbocycles. The van der Waals surface area contributed by atoms with Crippen molar-refractivity contribution in [2.75, 3.05) is 0 Å². The molecule has 0 spiro atoms. The summed E-state index contributed by atoms with van der Waals surface area (Å²) in [4.78, 5) is 0.997. The number of thiophene rings is 1. The van der Waals surface area contributed by atoms with E-state index in [1.165, 1.54) is 0 Å². The number of rotatable bonds is 4. The van der Waals surface area contributed by atoms with Crippen LogP contribution in [0, 0.1) is 6.92 Å². The molecule has 1 unspecified atom stereocenters. The zero-order chi connectivity index (χ0) is 13.1. The summed E-state index contributed by atoms with van der Waals surface area (Å²) in [6.07, 6.45) is -0.429. The van der Waals surface area contributed by atoms with Crippen molar-refractivity contribution in [3.63, 3.8) is 0 Å². The van der Waals surface area contributed by atoms with Crippen molar-refractivity contribution in [3.05, 3.63) is 51.7 Å². The Kier molecular flexibility index (Phi) is 4.04. The summed E-state index contributed by atoms with van der Waals surface area (Å²) < 4.78 is 5.64. The van der Waals surface area contributed by atoms with E-state index in [2.05, 4.69) is 0 Å². The van der Waals surface area contributed by atoms with E-state index < -0.39 is 6.10 Å². The molecule has 0 aliphatic heterocycles. The van der Waals surface area contributed by atoms with E-state index in [-0.39, 0.29) is 6.10 Å². The summed E-state index contributed by atoms with van der Waals surface area (Å²) in [7, 11) is 0. The number of ether oxygens (including phenoxy) is 1. The van der Waals surface area contributed by atoms with Crippen LogP contribution < -0.4 is 4.74 Å². The molecule has 0 radical (unpaired) electrons. The summed E-state index contributed by atoms with van der Waals surface area (Å²) in [5, 5.41) is 12.4. The first kappa shape index (κ1) is 13.1. The number of hydrogen-bond acceptors (Lipinski definition) is 3. The van der Waals surface area contributed by atoms with Gasteiger partial charge < -0.3 is 9.84 Å². The minimum absolute atomic E-state index is 0.140. The van der Waals surface area contributed by atoms with Crippen LogP contribution in [0.5, 0.6) is 5.75 Å². The van der Waals surface area contributed by atoms with Crippen LogP contribution in [-0.4, -0.2) is 11.2 Å². The second-order valence-electron chi connectivity index (χ2n) is 4.61. The topological polar surface area (TPSA) is 29.5 Å². The van der Waals surface area contributed by atoms with Gasteiger partial charge in [-0.25, -0.2) is 0 Å². The third-order valence-corrected chi connectivity index (χ3v) is 3.77. The largest absolute Gasteiger partial charge is 0.491 e. The Bertz CT molecular complexity index is 517. The standard InChI is InChI=1S/C15H18O2S/c1-10(2)17-13-6-4-5-12(9-13)14(16)15-11(3)7-8-18-15/h4-10,14,16H,1-3H3. The van der Waals surface area contributed by atoms with Gasteiger partial charge in [0, 0.05) is 4.88 Å². The number of aliphatic hydroxyl groups is 1. The molecule has 1 atom stereocenters. The van der Waals surface area contributed by atoms with Gasteiger partial charge in [-0.15, -0.1) is 11.3 Å². The van der Waals surface area contributed by atoms with Gasteiger partial charge in [-0.3, -0.25) is 0 Å². The van der Waals surface area contributed by atoms with Gasteiger partial charge >= 0.3 is 0 Å². The molecule has 0 aliphatic rings. The van der Waals surface area contributed by atoms with Gasteiger partial charge in [0.1, 0.15) is 11.9 Å². The van der Waals surface area contributed by atoms with E-state index in [4.69, 9.17) is 4.74 Å². The molecule has 0 saturated heterocycles. The molecule has 2 nitrogen and oxygen atoms in total. The first-order valence-corrected chi connectivity index (χ1v) is 6.94. The molecule has 1 aromatic heterocycles. The zero-order valence-corrected chi connectivity index (χ0v) is 11.7. The Hall–Kier alpha value is -1.32. The molecule has 0 amide bonds. The van der Waals surface area contributed by atoms with E-state index >= 15 is 0 Å². The average Bonchev–Trinajstić information content (AvgIpc) is 2.74. The molecule has 0 aliphatic carbocycles. The number of hydrogen-bond donors (Lipinski definition) is 1. The quantitative estimate of drug-likeness (QED) is 0.904. The van der Waals surface area contributed by atoms with Crippen molar-refractivity contribution in [2.45, 2.75) is 33.0 Å². The molecule has 3 heteroatoms. The SMILES string of the molecule is Cc1ccsc1C(O)c1cccc(OC(C)C)c1. The smallest absolute Gasteiger partial charge is 0.120 e. The summed E-state index contributed by atoms with van der Waals surface area (Å²) in [5.74, 6) is 0.802. The fraction of sp³-hybridized carbons (Fsp3) is 0.333. The van der Waals surface area contributed by atoms with Gasteiger partial charge in [0.2, 0.25) is 0 Å². The molecular weight excluding hydrogens is 244 g/mol. The highest BCUT2D eigenvalue weighted by Crippen LogP contribution is 2.30. The highest BCUT2D eigenvalue weighted by Gasteiger charge is 2.14. The molecule has 96 valence electrons. The molecule has 2 aromatic rings. The fourth-order valence-electron chi connectivity index (χ4n) is 1.85. The Morgan fingerprint density at radius 3 is 2.61 bits per heavy atom. The maximum Gasteiger partial charge on any atom is 0.120 e. The first-order chi connectivity index (χ1) is 8.58. The second-order valence-corrected chi connectivity index (χ2v) is 5.56. The first-order valence-electron chi connectivity index (χ1n) is 6.06. The van der Waals surface area contributed by atoms with Crippen molar-refractivity contribution in [3.8, 4) is 5.75 Å². The van der Waals surface area contributed by atoms with Crippen LogP contribution in [0.25, 0.3) is 0 Å². The molecule has 0 bridgehead atoms. The summed E-state index contributed by atoms with van der Waals surface area (Å²) in [5.41, 5.74) is 2.00. The van der Waals surface area contributed by atoms with Crippen LogP contribution in [0.3, 0.4) is 0 Å². The molecule has 18 heavy (non-hydrogen) atoms. The number of aryl methyl sites for hydroxylation is 1. The van der Waals surface area contributed by atoms with Crippen LogP contribution in [0.2, 0.25) is 0 Å². The van der Waals surface area contributed by atoms with Crippen LogP contribution in [0.4, 0.5) is 0 Å². The maximum absolute atomic E-state index is 10.4. The zero-order valence-electron chi connectivity index (χ0n) is 10.9. The van der Waals surface area contributed by atoms with Gasteiger partial charge in [-0.05, 0) is 55.5 Å². The molecule has 2 rings (SSSR count). The van der Waals surface area contributed by atoms with Gasteiger partial charge in [0.05, 0.1) is 6.10 Å². The van der Waals surface area contributed by atoms with Gasteiger partial charge in [-0.2, -0.15) is 0 Å². The molecule has 0 saturated carbocycles. The lowest BCUT2D eigenvalue weighted by Gasteiger charge is -2.14. The van der Waals surface area contributed by atoms with Gasteiger partial charge in [0.25, 0.3) is 0 Å². The summed E-state index contributed by atoms with van der Waals surface area (Å²) >= 11 is 1.58. The third kappa shape index (κ3) is 2.92. The molecule has 1 N–H and O–H groups in total. The Labute approximate surface area is 112 Å². The lowest BCUT2D eigenvalue weighted by Crippen LogP contribution is -2.06. The van der Waals surface area contributed by atoms with Gasteiger partial charge in [0.15, 0.2) is 0 Å². The number of benzene rings is 1.